The fourth-order valence-corrected chi connectivity index (χ4v) is 4.95. The van der Waals surface area contributed by atoms with E-state index in [2.05, 4.69) is 31.2 Å². The molecule has 5 atom stereocenters. The molecule has 4 nitrogen and oxygen atoms in total. The molecule has 1 aromatic carbocycles. The smallest absolute Gasteiger partial charge is 0.303 e. The van der Waals surface area contributed by atoms with Crippen LogP contribution in [0.25, 0.3) is 0 Å². The molecular weight excluding hydrogens is 364 g/mol. The van der Waals surface area contributed by atoms with E-state index in [1.807, 2.05) is 18.2 Å². The van der Waals surface area contributed by atoms with Crippen LogP contribution in [0.1, 0.15) is 56.1 Å². The highest BCUT2D eigenvalue weighted by atomic mass is 16.4. The van der Waals surface area contributed by atoms with E-state index < -0.39 is 12.1 Å². The zero-order valence-electron chi connectivity index (χ0n) is 17.3. The minimum atomic E-state index is -0.725. The first kappa shape index (κ1) is 21.8. The number of hydrogen-bond acceptors (Lipinski definition) is 3. The highest BCUT2D eigenvalue weighted by Crippen LogP contribution is 2.48. The van der Waals surface area contributed by atoms with Gasteiger partial charge in [0.25, 0.3) is 0 Å². The van der Waals surface area contributed by atoms with Crippen molar-refractivity contribution in [2.24, 2.45) is 17.8 Å². The number of carboxylic acid groups (broad SMARTS) is 1. The molecule has 4 heteroatoms. The predicted molar refractivity (Wildman–Crippen MR) is 115 cm³/mol. The van der Waals surface area contributed by atoms with E-state index in [4.69, 9.17) is 5.11 Å². The Morgan fingerprint density at radius 2 is 2.10 bits per heavy atom. The number of carboxylic acids is 1. The average molecular weight is 399 g/mol. The predicted octanol–water partition coefficient (Wildman–Crippen LogP) is 4.43. The SMILES string of the molecule is Cc1cccc(CC[C@@H](O)/C=C/[C@@H]2[C@H]3CC(CCCCC(=O)O)=C[C@H]3C[C@H]2O)c1. The normalized spacial score (nSPS) is 27.2. The Bertz CT molecular complexity index is 751. The monoisotopic (exact) mass is 398 g/mol. The van der Waals surface area contributed by atoms with E-state index in [0.717, 1.165) is 38.5 Å². The molecule has 0 heterocycles. The fourth-order valence-electron chi connectivity index (χ4n) is 4.95. The Labute approximate surface area is 174 Å². The lowest BCUT2D eigenvalue weighted by atomic mass is 9.88. The minimum absolute atomic E-state index is 0.0985. The van der Waals surface area contributed by atoms with Gasteiger partial charge in [0.2, 0.25) is 0 Å². The van der Waals surface area contributed by atoms with Crippen LogP contribution in [0.4, 0.5) is 0 Å². The Morgan fingerprint density at radius 3 is 2.86 bits per heavy atom. The van der Waals surface area contributed by atoms with Crippen molar-refractivity contribution >= 4 is 5.97 Å². The second kappa shape index (κ2) is 10.2. The number of aliphatic hydroxyl groups excluding tert-OH is 2. The van der Waals surface area contributed by atoms with Crippen molar-refractivity contribution in [2.45, 2.75) is 70.5 Å². The average Bonchev–Trinajstić information content (AvgIpc) is 3.18. The van der Waals surface area contributed by atoms with Gasteiger partial charge in [0.05, 0.1) is 12.2 Å². The summed E-state index contributed by atoms with van der Waals surface area (Å²) >= 11 is 0. The molecule has 3 rings (SSSR count). The van der Waals surface area contributed by atoms with Crippen LogP contribution >= 0.6 is 0 Å². The molecule has 0 aliphatic heterocycles. The van der Waals surface area contributed by atoms with Gasteiger partial charge in [-0.15, -0.1) is 0 Å². The van der Waals surface area contributed by atoms with Gasteiger partial charge < -0.3 is 15.3 Å². The number of aliphatic carboxylic acids is 1. The van der Waals surface area contributed by atoms with Crippen molar-refractivity contribution in [2.75, 3.05) is 0 Å². The molecule has 0 saturated heterocycles. The number of allylic oxidation sites excluding steroid dienone is 2. The first-order valence-corrected chi connectivity index (χ1v) is 10.9. The molecule has 2 aliphatic carbocycles. The van der Waals surface area contributed by atoms with Gasteiger partial charge in [0.1, 0.15) is 0 Å². The van der Waals surface area contributed by atoms with Gasteiger partial charge >= 0.3 is 5.97 Å². The maximum Gasteiger partial charge on any atom is 0.303 e. The Morgan fingerprint density at radius 1 is 1.28 bits per heavy atom. The second-order valence-corrected chi connectivity index (χ2v) is 8.82. The lowest BCUT2D eigenvalue weighted by Crippen LogP contribution is -2.18. The first-order chi connectivity index (χ1) is 13.9. The summed E-state index contributed by atoms with van der Waals surface area (Å²) in [5.41, 5.74) is 3.89. The summed E-state index contributed by atoms with van der Waals surface area (Å²) in [4.78, 5) is 10.6. The summed E-state index contributed by atoms with van der Waals surface area (Å²) in [6.07, 6.45) is 11.5. The van der Waals surface area contributed by atoms with Crippen LogP contribution in [0.5, 0.6) is 0 Å². The number of aryl methyl sites for hydroxylation is 2. The molecule has 29 heavy (non-hydrogen) atoms. The van der Waals surface area contributed by atoms with Crippen molar-refractivity contribution < 1.29 is 20.1 Å². The molecule has 0 radical (unpaired) electrons. The van der Waals surface area contributed by atoms with Gasteiger partial charge in [-0.05, 0) is 69.3 Å². The Kier molecular flexibility index (Phi) is 7.68. The topological polar surface area (TPSA) is 77.8 Å². The number of fused-ring (bicyclic) bond motifs is 1. The largest absolute Gasteiger partial charge is 0.481 e. The number of carbonyl (C=O) groups is 1. The van der Waals surface area contributed by atoms with Crippen LogP contribution in [0.15, 0.2) is 48.1 Å². The van der Waals surface area contributed by atoms with Gasteiger partial charge in [-0.25, -0.2) is 0 Å². The van der Waals surface area contributed by atoms with Crippen LogP contribution in [-0.2, 0) is 11.2 Å². The molecule has 0 bridgehead atoms. The van der Waals surface area contributed by atoms with Crippen molar-refractivity contribution in [3.8, 4) is 0 Å². The van der Waals surface area contributed by atoms with E-state index in [1.165, 1.54) is 16.7 Å². The van der Waals surface area contributed by atoms with E-state index >= 15 is 0 Å². The van der Waals surface area contributed by atoms with E-state index in [1.54, 1.807) is 0 Å². The third kappa shape index (κ3) is 6.28. The summed E-state index contributed by atoms with van der Waals surface area (Å²) in [5, 5.41) is 29.6. The van der Waals surface area contributed by atoms with E-state index in [0.29, 0.717) is 18.3 Å². The number of hydrogen-bond donors (Lipinski definition) is 3. The van der Waals surface area contributed by atoms with Gasteiger partial charge in [-0.2, -0.15) is 0 Å². The van der Waals surface area contributed by atoms with Crippen LogP contribution in [-0.4, -0.2) is 33.5 Å². The zero-order chi connectivity index (χ0) is 20.8. The number of unbranched alkanes of at least 4 members (excludes halogenated alkanes) is 1. The number of benzene rings is 1. The summed E-state index contributed by atoms with van der Waals surface area (Å²) in [6, 6.07) is 8.38. The Hall–Kier alpha value is -1.91. The van der Waals surface area contributed by atoms with Crippen LogP contribution in [0.2, 0.25) is 0 Å². The van der Waals surface area contributed by atoms with E-state index in [-0.39, 0.29) is 18.4 Å². The molecule has 0 spiro atoms. The zero-order valence-corrected chi connectivity index (χ0v) is 17.3. The molecule has 0 amide bonds. The molecule has 1 saturated carbocycles. The highest BCUT2D eigenvalue weighted by molar-refractivity contribution is 5.66. The molecule has 1 fully saturated rings. The van der Waals surface area contributed by atoms with Crippen molar-refractivity contribution in [3.63, 3.8) is 0 Å². The first-order valence-electron chi connectivity index (χ1n) is 10.9. The summed E-state index contributed by atoms with van der Waals surface area (Å²) < 4.78 is 0. The summed E-state index contributed by atoms with van der Waals surface area (Å²) in [6.45, 7) is 2.08. The number of aliphatic hydroxyl groups is 2. The molecule has 2 aliphatic rings. The lowest BCUT2D eigenvalue weighted by Gasteiger charge is -2.19. The molecular formula is C25H34O4. The van der Waals surface area contributed by atoms with Crippen molar-refractivity contribution in [1.29, 1.82) is 0 Å². The maximum atomic E-state index is 10.6. The van der Waals surface area contributed by atoms with Crippen LogP contribution in [0, 0.1) is 24.7 Å². The number of rotatable bonds is 10. The van der Waals surface area contributed by atoms with Gasteiger partial charge in [0.15, 0.2) is 0 Å². The summed E-state index contributed by atoms with van der Waals surface area (Å²) in [5.74, 6) is 0.205. The standard InChI is InChI=1S/C25H34O4/c1-17-5-4-7-18(13-17)9-10-21(26)11-12-22-23-15-19(6-2-3-8-25(28)29)14-20(23)16-24(22)27/h4-5,7,11-14,20-24,26-27H,2-3,6,8-10,15-16H2,1H3,(H,28,29)/b12-11+/t20-,21+,22+,23-,24+/m0/s1. The molecule has 0 unspecified atom stereocenters. The molecule has 1 aromatic rings. The molecule has 3 N–H and O–H groups in total. The third-order valence-corrected chi connectivity index (χ3v) is 6.46. The minimum Gasteiger partial charge on any atom is -0.481 e. The Balaban J connectivity index is 1.46. The maximum absolute atomic E-state index is 10.6. The van der Waals surface area contributed by atoms with Gasteiger partial charge in [-0.1, -0.05) is 53.6 Å². The van der Waals surface area contributed by atoms with Crippen LogP contribution in [0.3, 0.4) is 0 Å². The molecule has 158 valence electrons. The van der Waals surface area contributed by atoms with E-state index in [9.17, 15) is 15.0 Å². The quantitative estimate of drug-likeness (QED) is 0.402. The summed E-state index contributed by atoms with van der Waals surface area (Å²) in [7, 11) is 0. The van der Waals surface area contributed by atoms with Crippen LogP contribution < -0.4 is 0 Å². The second-order valence-electron chi connectivity index (χ2n) is 8.82. The highest BCUT2D eigenvalue weighted by Gasteiger charge is 2.43. The lowest BCUT2D eigenvalue weighted by molar-refractivity contribution is -0.137. The van der Waals surface area contributed by atoms with Crippen molar-refractivity contribution in [3.05, 3.63) is 59.2 Å². The fraction of sp³-hybridized carbons (Fsp3) is 0.560. The van der Waals surface area contributed by atoms with Gasteiger partial charge in [0, 0.05) is 12.3 Å². The van der Waals surface area contributed by atoms with Gasteiger partial charge in [-0.3, -0.25) is 4.79 Å². The molecule has 0 aromatic heterocycles. The van der Waals surface area contributed by atoms with Crippen molar-refractivity contribution in [1.82, 2.24) is 0 Å². The third-order valence-electron chi connectivity index (χ3n) is 6.46.